The van der Waals surface area contributed by atoms with E-state index in [0.717, 1.165) is 6.07 Å². The number of hydrogen-bond acceptors (Lipinski definition) is 4. The lowest BCUT2D eigenvalue weighted by Gasteiger charge is -2.20. The summed E-state index contributed by atoms with van der Waals surface area (Å²) in [6.45, 7) is 4.45. The lowest BCUT2D eigenvalue weighted by atomic mass is 9.94. The Morgan fingerprint density at radius 2 is 2.11 bits per heavy atom. The van der Waals surface area contributed by atoms with Crippen molar-refractivity contribution in [1.29, 1.82) is 0 Å². The second-order valence-electron chi connectivity index (χ2n) is 4.92. The maximum absolute atomic E-state index is 13.3. The van der Waals surface area contributed by atoms with Gasteiger partial charge in [-0.1, -0.05) is 0 Å². The molecule has 0 saturated heterocycles. The summed E-state index contributed by atoms with van der Waals surface area (Å²) in [5.74, 6) is -1.70. The van der Waals surface area contributed by atoms with Crippen molar-refractivity contribution in [2.24, 2.45) is 5.41 Å². The molecular formula is C12H15FN2O4. The van der Waals surface area contributed by atoms with Gasteiger partial charge in [-0.05, 0) is 32.4 Å². The number of hydrogen-bond donors (Lipinski definition) is 2. The zero-order valence-corrected chi connectivity index (χ0v) is 10.9. The van der Waals surface area contributed by atoms with Gasteiger partial charge in [-0.2, -0.15) is 0 Å². The van der Waals surface area contributed by atoms with Crippen molar-refractivity contribution >= 4 is 17.3 Å². The first kappa shape index (κ1) is 14.9. The van der Waals surface area contributed by atoms with Gasteiger partial charge in [-0.3, -0.25) is 14.9 Å². The first-order valence-electron chi connectivity index (χ1n) is 5.57. The minimum atomic E-state index is -1.09. The summed E-state index contributed by atoms with van der Waals surface area (Å²) < 4.78 is 13.3. The van der Waals surface area contributed by atoms with Crippen LogP contribution in [0.2, 0.25) is 0 Å². The normalized spacial score (nSPS) is 11.2. The molecule has 0 aromatic heterocycles. The molecule has 0 bridgehead atoms. The summed E-state index contributed by atoms with van der Waals surface area (Å²) in [5, 5.41) is 22.5. The highest BCUT2D eigenvalue weighted by Crippen LogP contribution is 2.28. The van der Waals surface area contributed by atoms with Gasteiger partial charge in [0.15, 0.2) is 0 Å². The molecule has 7 heteroatoms. The minimum absolute atomic E-state index is 0.00571. The number of aryl methyl sites for hydroxylation is 1. The number of carboxylic acid groups (broad SMARTS) is 1. The number of carbonyl (C=O) groups is 1. The van der Waals surface area contributed by atoms with Gasteiger partial charge in [0.05, 0.1) is 16.4 Å². The molecule has 0 aliphatic rings. The number of nitro benzene ring substituents is 1. The zero-order chi connectivity index (χ0) is 14.8. The van der Waals surface area contributed by atoms with E-state index in [1.807, 2.05) is 0 Å². The third-order valence-corrected chi connectivity index (χ3v) is 2.77. The second-order valence-corrected chi connectivity index (χ2v) is 4.92. The van der Waals surface area contributed by atoms with E-state index in [1.165, 1.54) is 26.8 Å². The number of benzene rings is 1. The van der Waals surface area contributed by atoms with Crippen LogP contribution < -0.4 is 5.32 Å². The number of rotatable bonds is 5. The van der Waals surface area contributed by atoms with Crippen LogP contribution in [0.1, 0.15) is 19.4 Å². The van der Waals surface area contributed by atoms with E-state index in [4.69, 9.17) is 5.11 Å². The summed E-state index contributed by atoms with van der Waals surface area (Å²) in [5.41, 5.74) is -1.14. The zero-order valence-electron chi connectivity index (χ0n) is 10.9. The van der Waals surface area contributed by atoms with E-state index < -0.39 is 27.8 Å². The summed E-state index contributed by atoms with van der Waals surface area (Å²) >= 11 is 0. The lowest BCUT2D eigenvalue weighted by Crippen LogP contribution is -2.31. The van der Waals surface area contributed by atoms with Crippen molar-refractivity contribution in [3.8, 4) is 0 Å². The Morgan fingerprint density at radius 1 is 1.53 bits per heavy atom. The molecule has 0 atom stereocenters. The molecule has 1 aromatic rings. The van der Waals surface area contributed by atoms with Crippen LogP contribution in [0.5, 0.6) is 0 Å². The number of halogens is 1. The Bertz CT molecular complexity index is 529. The third-order valence-electron chi connectivity index (χ3n) is 2.77. The fraction of sp³-hybridized carbons (Fsp3) is 0.417. The average molecular weight is 270 g/mol. The van der Waals surface area contributed by atoms with Crippen LogP contribution in [-0.4, -0.2) is 22.5 Å². The van der Waals surface area contributed by atoms with E-state index in [0.29, 0.717) is 0 Å². The first-order valence-corrected chi connectivity index (χ1v) is 5.57. The highest BCUT2D eigenvalue weighted by atomic mass is 19.1. The molecule has 0 spiro atoms. The van der Waals surface area contributed by atoms with Crippen LogP contribution in [0.25, 0.3) is 0 Å². The molecule has 19 heavy (non-hydrogen) atoms. The fourth-order valence-electron chi connectivity index (χ4n) is 1.36. The number of nitro groups is 1. The van der Waals surface area contributed by atoms with Crippen molar-refractivity contribution < 1.29 is 19.2 Å². The van der Waals surface area contributed by atoms with Crippen molar-refractivity contribution in [3.63, 3.8) is 0 Å². The van der Waals surface area contributed by atoms with Gasteiger partial charge in [-0.25, -0.2) is 4.39 Å². The number of nitrogens with zero attached hydrogens (tertiary/aromatic N) is 1. The maximum atomic E-state index is 13.3. The molecule has 1 rings (SSSR count). The minimum Gasteiger partial charge on any atom is -0.481 e. The summed E-state index contributed by atoms with van der Waals surface area (Å²) in [6.07, 6.45) is 0. The first-order chi connectivity index (χ1) is 8.65. The predicted molar refractivity (Wildman–Crippen MR) is 67.7 cm³/mol. The van der Waals surface area contributed by atoms with Gasteiger partial charge >= 0.3 is 5.97 Å². The molecule has 0 heterocycles. The molecule has 0 fully saturated rings. The summed E-state index contributed by atoms with van der Waals surface area (Å²) in [7, 11) is 0. The Kier molecular flexibility index (Phi) is 4.08. The number of aliphatic carboxylic acids is 1. The molecule has 0 radical (unpaired) electrons. The van der Waals surface area contributed by atoms with Crippen LogP contribution in [0.3, 0.4) is 0 Å². The summed E-state index contributed by atoms with van der Waals surface area (Å²) in [4.78, 5) is 21.1. The van der Waals surface area contributed by atoms with Crippen LogP contribution in [0, 0.1) is 28.3 Å². The Hall–Kier alpha value is -2.18. The largest absolute Gasteiger partial charge is 0.481 e. The van der Waals surface area contributed by atoms with Crippen LogP contribution >= 0.6 is 0 Å². The van der Waals surface area contributed by atoms with Gasteiger partial charge in [0.2, 0.25) is 0 Å². The van der Waals surface area contributed by atoms with E-state index in [1.54, 1.807) is 0 Å². The van der Waals surface area contributed by atoms with Crippen molar-refractivity contribution in [2.45, 2.75) is 20.8 Å². The third kappa shape index (κ3) is 3.40. The van der Waals surface area contributed by atoms with Gasteiger partial charge in [-0.15, -0.1) is 0 Å². The molecule has 6 nitrogen and oxygen atoms in total. The molecule has 104 valence electrons. The Balaban J connectivity index is 3.04. The predicted octanol–water partition coefficient (Wildman–Crippen LogP) is 2.57. The molecule has 0 saturated carbocycles. The fourth-order valence-corrected chi connectivity index (χ4v) is 1.36. The van der Waals surface area contributed by atoms with Crippen molar-refractivity contribution in [1.82, 2.24) is 0 Å². The van der Waals surface area contributed by atoms with E-state index in [2.05, 4.69) is 5.32 Å². The number of carboxylic acids is 1. The lowest BCUT2D eigenvalue weighted by molar-refractivity contribution is -0.384. The molecule has 1 aromatic carbocycles. The smallest absolute Gasteiger partial charge is 0.310 e. The van der Waals surface area contributed by atoms with Crippen LogP contribution in [0.15, 0.2) is 12.1 Å². The summed E-state index contributed by atoms with van der Waals surface area (Å²) in [6, 6.07) is 2.12. The van der Waals surface area contributed by atoms with Crippen molar-refractivity contribution in [2.75, 3.05) is 11.9 Å². The second kappa shape index (κ2) is 5.21. The highest BCUT2D eigenvalue weighted by molar-refractivity contribution is 5.75. The topological polar surface area (TPSA) is 92.5 Å². The monoisotopic (exact) mass is 270 g/mol. The van der Waals surface area contributed by atoms with Gasteiger partial charge in [0.25, 0.3) is 5.69 Å². The highest BCUT2D eigenvalue weighted by Gasteiger charge is 2.28. The molecular weight excluding hydrogens is 255 g/mol. The number of nitrogens with one attached hydrogen (secondary N) is 1. The van der Waals surface area contributed by atoms with Crippen molar-refractivity contribution in [3.05, 3.63) is 33.6 Å². The Labute approximate surface area is 109 Å². The van der Waals surface area contributed by atoms with Gasteiger partial charge < -0.3 is 10.4 Å². The van der Waals surface area contributed by atoms with E-state index in [9.17, 15) is 19.3 Å². The molecule has 0 aliphatic heterocycles. The quantitative estimate of drug-likeness (QED) is 0.633. The van der Waals surface area contributed by atoms with Crippen LogP contribution in [-0.2, 0) is 4.79 Å². The van der Waals surface area contributed by atoms with Gasteiger partial charge in [0.1, 0.15) is 11.5 Å². The van der Waals surface area contributed by atoms with Crippen LogP contribution in [0.4, 0.5) is 15.8 Å². The van der Waals surface area contributed by atoms with E-state index in [-0.39, 0.29) is 17.8 Å². The maximum Gasteiger partial charge on any atom is 0.310 e. The SMILES string of the molecule is Cc1cc(NCC(C)(C)C(=O)O)c([N+](=O)[O-])cc1F. The molecule has 0 unspecified atom stereocenters. The Morgan fingerprint density at radius 3 is 2.58 bits per heavy atom. The van der Waals surface area contributed by atoms with Gasteiger partial charge in [0, 0.05) is 6.54 Å². The molecule has 0 amide bonds. The van der Waals surface area contributed by atoms with E-state index >= 15 is 0 Å². The number of anilines is 1. The standard InChI is InChI=1S/C12H15FN2O4/c1-7-4-9(10(15(18)19)5-8(7)13)14-6-12(2,3)11(16)17/h4-5,14H,6H2,1-3H3,(H,16,17). The molecule has 0 aliphatic carbocycles. The molecule has 2 N–H and O–H groups in total. The average Bonchev–Trinajstić information content (AvgIpc) is 2.29.